The standard InChI is InChI=1S/C13H7ClF5N5/c14-10-7-3-21-24(11(7)23-12(20)22-10)4-5-1-6(15)2-8(9(5)16)13(17,18)19/h1-3H,4H2,(H2,20,22,23). The molecule has 126 valence electrons. The lowest BCUT2D eigenvalue weighted by atomic mass is 10.1. The third-order valence-corrected chi connectivity index (χ3v) is 3.49. The van der Waals surface area contributed by atoms with Crippen molar-refractivity contribution in [3.63, 3.8) is 0 Å². The molecule has 11 heteroatoms. The van der Waals surface area contributed by atoms with E-state index in [1.807, 2.05) is 0 Å². The van der Waals surface area contributed by atoms with E-state index in [1.165, 1.54) is 6.20 Å². The zero-order valence-corrected chi connectivity index (χ0v) is 12.3. The number of nitrogens with two attached hydrogens (primary N) is 1. The highest BCUT2D eigenvalue weighted by molar-refractivity contribution is 6.34. The quantitative estimate of drug-likeness (QED) is 0.559. The average Bonchev–Trinajstić information content (AvgIpc) is 2.84. The molecule has 24 heavy (non-hydrogen) atoms. The van der Waals surface area contributed by atoms with Gasteiger partial charge in [0.05, 0.1) is 23.7 Å². The van der Waals surface area contributed by atoms with Crippen molar-refractivity contribution in [3.8, 4) is 0 Å². The van der Waals surface area contributed by atoms with Crippen molar-refractivity contribution in [2.24, 2.45) is 0 Å². The number of halogens is 6. The van der Waals surface area contributed by atoms with E-state index in [2.05, 4.69) is 15.1 Å². The monoisotopic (exact) mass is 363 g/mol. The number of nitrogens with zero attached hydrogens (tertiary/aromatic N) is 4. The van der Waals surface area contributed by atoms with Gasteiger partial charge in [0, 0.05) is 5.56 Å². The summed E-state index contributed by atoms with van der Waals surface area (Å²) in [4.78, 5) is 7.56. The highest BCUT2D eigenvalue weighted by Crippen LogP contribution is 2.33. The number of benzene rings is 1. The van der Waals surface area contributed by atoms with E-state index in [0.717, 1.165) is 4.68 Å². The van der Waals surface area contributed by atoms with Crippen LogP contribution in [0.5, 0.6) is 0 Å². The Labute approximate surface area is 135 Å². The van der Waals surface area contributed by atoms with Crippen LogP contribution >= 0.6 is 11.6 Å². The Bertz CT molecular complexity index is 937. The average molecular weight is 364 g/mol. The second-order valence-corrected chi connectivity index (χ2v) is 5.19. The Morgan fingerprint density at radius 1 is 1.17 bits per heavy atom. The molecule has 0 aliphatic rings. The lowest BCUT2D eigenvalue weighted by Gasteiger charge is -2.12. The fraction of sp³-hybridized carbons (Fsp3) is 0.154. The summed E-state index contributed by atoms with van der Waals surface area (Å²) in [6.07, 6.45) is -3.78. The van der Waals surface area contributed by atoms with Gasteiger partial charge in [-0.1, -0.05) is 11.6 Å². The Hall–Kier alpha value is -2.49. The number of aromatic nitrogens is 4. The van der Waals surface area contributed by atoms with Crippen LogP contribution in [0, 0.1) is 11.6 Å². The van der Waals surface area contributed by atoms with Gasteiger partial charge in [-0.15, -0.1) is 0 Å². The summed E-state index contributed by atoms with van der Waals surface area (Å²) >= 11 is 5.85. The molecule has 2 heterocycles. The summed E-state index contributed by atoms with van der Waals surface area (Å²) in [7, 11) is 0. The van der Waals surface area contributed by atoms with Crippen LogP contribution in [0.3, 0.4) is 0 Å². The SMILES string of the molecule is Nc1nc(Cl)c2cnn(Cc3cc(F)cc(C(F)(F)F)c3F)c2n1. The molecule has 0 atom stereocenters. The molecular weight excluding hydrogens is 357 g/mol. The summed E-state index contributed by atoms with van der Waals surface area (Å²) in [5.41, 5.74) is 3.30. The second-order valence-electron chi connectivity index (χ2n) is 4.84. The topological polar surface area (TPSA) is 69.6 Å². The molecule has 0 radical (unpaired) electrons. The highest BCUT2D eigenvalue weighted by Gasteiger charge is 2.36. The number of hydrogen-bond donors (Lipinski definition) is 1. The van der Waals surface area contributed by atoms with E-state index in [9.17, 15) is 22.0 Å². The van der Waals surface area contributed by atoms with E-state index in [4.69, 9.17) is 17.3 Å². The third kappa shape index (κ3) is 2.84. The molecule has 5 nitrogen and oxygen atoms in total. The number of alkyl halides is 3. The molecule has 0 saturated heterocycles. The van der Waals surface area contributed by atoms with Crippen molar-refractivity contribution in [2.45, 2.75) is 12.7 Å². The van der Waals surface area contributed by atoms with E-state index >= 15 is 0 Å². The molecule has 3 rings (SSSR count). The lowest BCUT2D eigenvalue weighted by molar-refractivity contribution is -0.140. The number of fused-ring (bicyclic) bond motifs is 1. The molecule has 0 fully saturated rings. The maximum atomic E-state index is 14.1. The summed E-state index contributed by atoms with van der Waals surface area (Å²) < 4.78 is 66.9. The first-order valence-corrected chi connectivity index (χ1v) is 6.74. The van der Waals surface area contributed by atoms with Crippen LogP contribution in [0.15, 0.2) is 18.3 Å². The molecule has 0 spiro atoms. The first-order valence-electron chi connectivity index (χ1n) is 6.36. The second kappa shape index (κ2) is 5.55. The van der Waals surface area contributed by atoms with Crippen LogP contribution in [-0.4, -0.2) is 19.7 Å². The molecule has 3 aromatic rings. The van der Waals surface area contributed by atoms with Crippen molar-refractivity contribution in [3.05, 3.63) is 46.2 Å². The number of nitrogen functional groups attached to an aromatic ring is 1. The molecule has 0 aliphatic carbocycles. The highest BCUT2D eigenvalue weighted by atomic mass is 35.5. The van der Waals surface area contributed by atoms with Gasteiger partial charge >= 0.3 is 6.18 Å². The van der Waals surface area contributed by atoms with E-state index < -0.39 is 35.5 Å². The van der Waals surface area contributed by atoms with Crippen molar-refractivity contribution < 1.29 is 22.0 Å². The lowest BCUT2D eigenvalue weighted by Crippen LogP contribution is -2.13. The molecule has 2 N–H and O–H groups in total. The first kappa shape index (κ1) is 16.4. The van der Waals surface area contributed by atoms with E-state index in [0.29, 0.717) is 6.07 Å². The summed E-state index contributed by atoms with van der Waals surface area (Å²) in [6, 6.07) is 0.751. The Morgan fingerprint density at radius 2 is 1.88 bits per heavy atom. The number of rotatable bonds is 2. The fourth-order valence-corrected chi connectivity index (χ4v) is 2.40. The Kier molecular flexibility index (Phi) is 3.78. The molecule has 0 bridgehead atoms. The van der Waals surface area contributed by atoms with Crippen molar-refractivity contribution in [1.82, 2.24) is 19.7 Å². The predicted octanol–water partition coefficient (Wildman–Crippen LogP) is 3.41. The third-order valence-electron chi connectivity index (χ3n) is 3.21. The van der Waals surface area contributed by atoms with Crippen LogP contribution in [0.25, 0.3) is 11.0 Å². The van der Waals surface area contributed by atoms with Gasteiger partial charge in [0.2, 0.25) is 5.95 Å². The van der Waals surface area contributed by atoms with Crippen molar-refractivity contribution in [1.29, 1.82) is 0 Å². The molecular formula is C13H7ClF5N5. The first-order chi connectivity index (χ1) is 11.2. The zero-order chi connectivity index (χ0) is 17.6. The Morgan fingerprint density at radius 3 is 2.54 bits per heavy atom. The van der Waals surface area contributed by atoms with Crippen molar-refractivity contribution in [2.75, 3.05) is 5.73 Å². The van der Waals surface area contributed by atoms with Crippen LogP contribution in [0.1, 0.15) is 11.1 Å². The molecule has 2 aromatic heterocycles. The van der Waals surface area contributed by atoms with Gasteiger partial charge in [-0.25, -0.2) is 18.4 Å². The van der Waals surface area contributed by atoms with E-state index in [1.54, 1.807) is 0 Å². The van der Waals surface area contributed by atoms with Gasteiger partial charge in [-0.2, -0.15) is 23.3 Å². The van der Waals surface area contributed by atoms with E-state index in [-0.39, 0.29) is 28.2 Å². The van der Waals surface area contributed by atoms with Gasteiger partial charge in [0.1, 0.15) is 16.8 Å². The predicted molar refractivity (Wildman–Crippen MR) is 75.2 cm³/mol. The van der Waals surface area contributed by atoms with Crippen molar-refractivity contribution >= 4 is 28.6 Å². The van der Waals surface area contributed by atoms with Crippen LogP contribution in [0.4, 0.5) is 27.9 Å². The van der Waals surface area contributed by atoms with Gasteiger partial charge in [0.25, 0.3) is 0 Å². The zero-order valence-electron chi connectivity index (χ0n) is 11.6. The number of anilines is 1. The smallest absolute Gasteiger partial charge is 0.368 e. The van der Waals surface area contributed by atoms with Gasteiger partial charge in [-0.05, 0) is 12.1 Å². The largest absolute Gasteiger partial charge is 0.419 e. The van der Waals surface area contributed by atoms with Gasteiger partial charge < -0.3 is 5.73 Å². The minimum Gasteiger partial charge on any atom is -0.368 e. The van der Waals surface area contributed by atoms with Crippen LogP contribution < -0.4 is 5.73 Å². The molecule has 0 amide bonds. The minimum atomic E-state index is -5.02. The summed E-state index contributed by atoms with van der Waals surface area (Å²) in [6.45, 7) is -0.497. The van der Waals surface area contributed by atoms with Crippen LogP contribution in [0.2, 0.25) is 5.15 Å². The maximum Gasteiger partial charge on any atom is 0.419 e. The normalized spacial score (nSPS) is 12.1. The molecule has 0 unspecified atom stereocenters. The summed E-state index contributed by atoms with van der Waals surface area (Å²) in [5.74, 6) is -2.99. The number of hydrogen-bond acceptors (Lipinski definition) is 4. The molecule has 0 saturated carbocycles. The maximum absolute atomic E-state index is 14.1. The molecule has 1 aromatic carbocycles. The van der Waals surface area contributed by atoms with Crippen LogP contribution in [-0.2, 0) is 12.7 Å². The van der Waals surface area contributed by atoms with Gasteiger partial charge in [-0.3, -0.25) is 0 Å². The Balaban J connectivity index is 2.11. The molecule has 0 aliphatic heterocycles. The minimum absolute atomic E-state index is 0.0144. The van der Waals surface area contributed by atoms with Gasteiger partial charge in [0.15, 0.2) is 5.65 Å². The summed E-state index contributed by atoms with van der Waals surface area (Å²) in [5, 5.41) is 4.12. The fourth-order valence-electron chi connectivity index (χ4n) is 2.18.